The van der Waals surface area contributed by atoms with Crippen LogP contribution in [-0.4, -0.2) is 53.0 Å². The van der Waals surface area contributed by atoms with Gasteiger partial charge in [0.1, 0.15) is 28.5 Å². The molecule has 1 saturated heterocycles. The summed E-state index contributed by atoms with van der Waals surface area (Å²) in [4.78, 5) is 21.8. The highest BCUT2D eigenvalue weighted by Crippen LogP contribution is 2.29. The number of ether oxygens (including phenoxy) is 2. The minimum atomic E-state index is 0.127. The fourth-order valence-corrected chi connectivity index (χ4v) is 3.57. The molecule has 1 aliphatic heterocycles. The van der Waals surface area contributed by atoms with E-state index in [1.54, 1.807) is 31.4 Å². The number of aromatic nitrogens is 3. The van der Waals surface area contributed by atoms with Crippen molar-refractivity contribution in [2.24, 2.45) is 0 Å². The Morgan fingerprint density at radius 3 is 2.62 bits per heavy atom. The number of anilines is 1. The highest BCUT2D eigenvalue weighted by Gasteiger charge is 2.27. The zero-order chi connectivity index (χ0) is 20.4. The SMILES string of the molecule is COc1cc(C#Cc2nc([C@@H]3CCN(C=O)C3)n3ccnc(N)c23)cc(OC)c1. The van der Waals surface area contributed by atoms with Crippen LogP contribution in [0.5, 0.6) is 11.5 Å². The quantitative estimate of drug-likeness (QED) is 0.537. The summed E-state index contributed by atoms with van der Waals surface area (Å²) in [5.41, 5.74) is 8.10. The molecule has 0 spiro atoms. The van der Waals surface area contributed by atoms with Crippen molar-refractivity contribution in [1.29, 1.82) is 0 Å². The van der Waals surface area contributed by atoms with Crippen LogP contribution in [0.1, 0.15) is 29.4 Å². The number of methoxy groups -OCH3 is 2. The van der Waals surface area contributed by atoms with Gasteiger partial charge in [-0.3, -0.25) is 9.20 Å². The van der Waals surface area contributed by atoms with E-state index < -0.39 is 0 Å². The summed E-state index contributed by atoms with van der Waals surface area (Å²) in [5.74, 6) is 8.88. The Balaban J connectivity index is 1.78. The Hall–Kier alpha value is -3.73. The van der Waals surface area contributed by atoms with Gasteiger partial charge in [-0.2, -0.15) is 0 Å². The molecule has 1 aliphatic rings. The smallest absolute Gasteiger partial charge is 0.209 e. The second-order valence-electron chi connectivity index (χ2n) is 6.79. The Morgan fingerprint density at radius 2 is 1.97 bits per heavy atom. The van der Waals surface area contributed by atoms with Gasteiger partial charge in [-0.25, -0.2) is 9.97 Å². The Labute approximate surface area is 168 Å². The second kappa shape index (κ2) is 7.72. The van der Waals surface area contributed by atoms with Crippen molar-refractivity contribution < 1.29 is 14.3 Å². The van der Waals surface area contributed by atoms with Crippen LogP contribution in [0.2, 0.25) is 0 Å². The topological polar surface area (TPSA) is 95.0 Å². The number of fused-ring (bicyclic) bond motifs is 1. The molecule has 8 nitrogen and oxygen atoms in total. The molecule has 1 fully saturated rings. The maximum Gasteiger partial charge on any atom is 0.209 e. The summed E-state index contributed by atoms with van der Waals surface area (Å²) < 4.78 is 12.5. The van der Waals surface area contributed by atoms with Crippen LogP contribution in [0.3, 0.4) is 0 Å². The zero-order valence-corrected chi connectivity index (χ0v) is 16.3. The van der Waals surface area contributed by atoms with Crippen LogP contribution in [0.25, 0.3) is 5.52 Å². The maximum absolute atomic E-state index is 11.1. The molecule has 0 bridgehead atoms. The number of imidazole rings is 1. The van der Waals surface area contributed by atoms with E-state index in [-0.39, 0.29) is 5.92 Å². The molecule has 8 heteroatoms. The van der Waals surface area contributed by atoms with Crippen LogP contribution in [0.15, 0.2) is 30.6 Å². The normalized spacial score (nSPS) is 15.8. The van der Waals surface area contributed by atoms with E-state index in [9.17, 15) is 4.79 Å². The maximum atomic E-state index is 11.1. The summed E-state index contributed by atoms with van der Waals surface area (Å²) in [6.45, 7) is 1.35. The summed E-state index contributed by atoms with van der Waals surface area (Å²) in [7, 11) is 3.19. The van der Waals surface area contributed by atoms with Gasteiger partial charge in [0.25, 0.3) is 0 Å². The molecule has 148 valence electrons. The number of carbonyl (C=O) groups is 1. The molecule has 1 amide bonds. The van der Waals surface area contributed by atoms with Crippen molar-refractivity contribution in [3.8, 4) is 23.3 Å². The highest BCUT2D eigenvalue weighted by atomic mass is 16.5. The fourth-order valence-electron chi connectivity index (χ4n) is 3.57. The summed E-state index contributed by atoms with van der Waals surface area (Å²) in [6, 6.07) is 5.45. The van der Waals surface area contributed by atoms with E-state index in [1.165, 1.54) is 0 Å². The van der Waals surface area contributed by atoms with Gasteiger partial charge in [-0.15, -0.1) is 0 Å². The number of benzene rings is 1. The third kappa shape index (κ3) is 3.55. The molecule has 0 radical (unpaired) electrons. The molecule has 0 aliphatic carbocycles. The first kappa shape index (κ1) is 18.6. The first-order chi connectivity index (χ1) is 14.1. The fraction of sp³-hybridized carbons (Fsp3) is 0.286. The van der Waals surface area contributed by atoms with Gasteiger partial charge in [-0.1, -0.05) is 5.92 Å². The lowest BCUT2D eigenvalue weighted by atomic mass is 10.1. The summed E-state index contributed by atoms with van der Waals surface area (Å²) in [6.07, 6.45) is 5.20. The summed E-state index contributed by atoms with van der Waals surface area (Å²) >= 11 is 0. The van der Waals surface area contributed by atoms with Crippen molar-refractivity contribution in [3.05, 3.63) is 47.7 Å². The van der Waals surface area contributed by atoms with Crippen molar-refractivity contribution in [3.63, 3.8) is 0 Å². The Morgan fingerprint density at radius 1 is 1.21 bits per heavy atom. The van der Waals surface area contributed by atoms with E-state index in [1.807, 2.05) is 22.7 Å². The van der Waals surface area contributed by atoms with Crippen molar-refractivity contribution in [2.75, 3.05) is 33.0 Å². The van der Waals surface area contributed by atoms with Gasteiger partial charge in [0.15, 0.2) is 5.82 Å². The van der Waals surface area contributed by atoms with E-state index in [0.29, 0.717) is 41.6 Å². The van der Waals surface area contributed by atoms with Crippen LogP contribution in [0, 0.1) is 11.8 Å². The zero-order valence-electron chi connectivity index (χ0n) is 16.3. The van der Waals surface area contributed by atoms with Crippen LogP contribution >= 0.6 is 0 Å². The van der Waals surface area contributed by atoms with Gasteiger partial charge >= 0.3 is 0 Å². The Kier molecular flexibility index (Phi) is 4.96. The van der Waals surface area contributed by atoms with Crippen molar-refractivity contribution in [2.45, 2.75) is 12.3 Å². The molecular weight excluding hydrogens is 370 g/mol. The Bertz CT molecular complexity index is 1110. The number of rotatable bonds is 4. The van der Waals surface area contributed by atoms with Gasteiger partial charge < -0.3 is 20.1 Å². The molecule has 3 heterocycles. The molecule has 0 unspecified atom stereocenters. The van der Waals surface area contributed by atoms with Gasteiger partial charge in [-0.05, 0) is 24.5 Å². The number of nitrogens with zero attached hydrogens (tertiary/aromatic N) is 4. The number of nitrogen functional groups attached to an aromatic ring is 1. The molecular formula is C21H21N5O3. The molecule has 4 rings (SSSR count). The van der Waals surface area contributed by atoms with Crippen LogP contribution in [-0.2, 0) is 4.79 Å². The van der Waals surface area contributed by atoms with E-state index in [4.69, 9.17) is 20.2 Å². The molecule has 3 aromatic rings. The van der Waals surface area contributed by atoms with Crippen LogP contribution in [0.4, 0.5) is 5.82 Å². The lowest BCUT2D eigenvalue weighted by molar-refractivity contribution is -0.117. The first-order valence-electron chi connectivity index (χ1n) is 9.19. The third-order valence-electron chi connectivity index (χ3n) is 5.02. The number of carbonyl (C=O) groups excluding carboxylic acids is 1. The average Bonchev–Trinajstić information content (AvgIpc) is 3.37. The number of amides is 1. The molecule has 1 atom stereocenters. The monoisotopic (exact) mass is 391 g/mol. The standard InChI is InChI=1S/C21H21N5O3/c1-28-16-9-14(10-17(11-16)29-2)3-4-18-19-20(22)23-6-8-26(19)21(24-18)15-5-7-25(12-15)13-27/h6,8-11,13,15H,5,7,12H2,1-2H3,(H2,22,23)/t15-/m1/s1. The molecule has 1 aromatic carbocycles. The minimum absolute atomic E-state index is 0.127. The largest absolute Gasteiger partial charge is 0.497 e. The first-order valence-corrected chi connectivity index (χ1v) is 9.19. The lowest BCUT2D eigenvalue weighted by Crippen LogP contribution is -2.18. The van der Waals surface area contributed by atoms with Crippen molar-refractivity contribution in [1.82, 2.24) is 19.3 Å². The highest BCUT2D eigenvalue weighted by molar-refractivity contribution is 5.73. The minimum Gasteiger partial charge on any atom is -0.497 e. The van der Waals surface area contributed by atoms with Crippen molar-refractivity contribution >= 4 is 17.7 Å². The summed E-state index contributed by atoms with van der Waals surface area (Å²) in [5, 5.41) is 0. The average molecular weight is 391 g/mol. The van der Waals surface area contributed by atoms with Gasteiger partial charge in [0, 0.05) is 43.0 Å². The number of hydrogen-bond acceptors (Lipinski definition) is 6. The van der Waals surface area contributed by atoms with Gasteiger partial charge in [0.05, 0.1) is 14.2 Å². The number of hydrogen-bond donors (Lipinski definition) is 1. The third-order valence-corrected chi connectivity index (χ3v) is 5.02. The lowest BCUT2D eigenvalue weighted by Gasteiger charge is -2.09. The second-order valence-corrected chi connectivity index (χ2v) is 6.79. The number of likely N-dealkylation sites (tertiary alicyclic amines) is 1. The van der Waals surface area contributed by atoms with Gasteiger partial charge in [0.2, 0.25) is 6.41 Å². The van der Waals surface area contributed by atoms with Crippen LogP contribution < -0.4 is 15.2 Å². The molecule has 29 heavy (non-hydrogen) atoms. The predicted octanol–water partition coefficient (Wildman–Crippen LogP) is 1.67. The molecule has 2 aromatic heterocycles. The van der Waals surface area contributed by atoms with E-state index in [2.05, 4.69) is 16.8 Å². The predicted molar refractivity (Wildman–Crippen MR) is 108 cm³/mol. The van der Waals surface area contributed by atoms with E-state index in [0.717, 1.165) is 24.2 Å². The van der Waals surface area contributed by atoms with E-state index >= 15 is 0 Å². The molecule has 2 N–H and O–H groups in total. The molecule has 0 saturated carbocycles. The number of nitrogens with two attached hydrogens (primary N) is 1.